The van der Waals surface area contributed by atoms with Crippen molar-refractivity contribution in [2.45, 2.75) is 45.8 Å². The molecular weight excluding hydrogens is 330 g/mol. The Morgan fingerprint density at radius 1 is 1.19 bits per heavy atom. The molecule has 0 saturated carbocycles. The molecule has 1 N–H and O–H groups in total. The molecule has 0 aliphatic carbocycles. The molecule has 0 aliphatic heterocycles. The van der Waals surface area contributed by atoms with Crippen molar-refractivity contribution < 1.29 is 19.0 Å². The molecule has 0 unspecified atom stereocenters. The number of hydrogen-bond acceptors (Lipinski definition) is 5. The number of ether oxygens (including phenoxy) is 2. The lowest BCUT2D eigenvalue weighted by atomic mass is 9.86. The van der Waals surface area contributed by atoms with Gasteiger partial charge in [-0.1, -0.05) is 20.8 Å². The molecule has 0 radical (unpaired) electrons. The van der Waals surface area contributed by atoms with Crippen LogP contribution in [-0.4, -0.2) is 43.4 Å². The normalized spacial score (nSPS) is 13.1. The molecule has 0 aliphatic rings. The largest absolute Gasteiger partial charge is 0.497 e. The van der Waals surface area contributed by atoms with Gasteiger partial charge in [-0.15, -0.1) is 0 Å². The van der Waals surface area contributed by atoms with E-state index in [1.807, 2.05) is 49.2 Å². The van der Waals surface area contributed by atoms with Gasteiger partial charge in [0.1, 0.15) is 35.7 Å². The lowest BCUT2D eigenvalue weighted by Gasteiger charge is -2.25. The third-order valence-corrected chi connectivity index (χ3v) is 4.17. The summed E-state index contributed by atoms with van der Waals surface area (Å²) in [6, 6.07) is 9.68. The van der Waals surface area contributed by atoms with E-state index in [9.17, 15) is 5.11 Å². The van der Waals surface area contributed by atoms with E-state index in [-0.39, 0.29) is 12.0 Å². The van der Waals surface area contributed by atoms with Crippen LogP contribution in [0.25, 0.3) is 0 Å². The topological polar surface area (TPSA) is 55.1 Å². The van der Waals surface area contributed by atoms with Crippen LogP contribution >= 0.6 is 0 Å². The van der Waals surface area contributed by atoms with Gasteiger partial charge in [-0.3, -0.25) is 4.90 Å². The number of methoxy groups -OCH3 is 1. The molecule has 0 amide bonds. The maximum absolute atomic E-state index is 10.3. The highest BCUT2D eigenvalue weighted by molar-refractivity contribution is 5.44. The Morgan fingerprint density at radius 3 is 2.50 bits per heavy atom. The van der Waals surface area contributed by atoms with Gasteiger partial charge in [-0.2, -0.15) is 0 Å². The minimum absolute atomic E-state index is 0.0806. The van der Waals surface area contributed by atoms with Crippen LogP contribution in [0.3, 0.4) is 0 Å². The molecular formula is C21H31NO4. The van der Waals surface area contributed by atoms with Gasteiger partial charge in [0.25, 0.3) is 0 Å². The summed E-state index contributed by atoms with van der Waals surface area (Å²) in [5, 5.41) is 10.3. The summed E-state index contributed by atoms with van der Waals surface area (Å²) in [4.78, 5) is 2.02. The SMILES string of the molecule is COc1ccc(OC[C@@H](O)CN(C)Cc2ccc(C)o2)c(C(C)(C)C)c1. The minimum atomic E-state index is -0.592. The number of rotatable bonds is 8. The standard InChI is InChI=1S/C21H31NO4/c1-15-7-8-18(26-15)13-22(5)12-16(23)14-25-20-10-9-17(24-6)11-19(20)21(2,3)4/h7-11,16,23H,12-14H2,1-6H3/t16-/m0/s1. The quantitative estimate of drug-likeness (QED) is 0.776. The second-order valence-corrected chi connectivity index (χ2v) is 7.79. The van der Waals surface area contributed by atoms with Crippen molar-refractivity contribution in [2.75, 3.05) is 27.3 Å². The number of aryl methyl sites for hydroxylation is 1. The predicted octanol–water partition coefficient (Wildman–Crippen LogP) is 3.77. The zero-order valence-electron chi connectivity index (χ0n) is 16.7. The lowest BCUT2D eigenvalue weighted by molar-refractivity contribution is 0.0717. The summed E-state index contributed by atoms with van der Waals surface area (Å²) in [5.41, 5.74) is 0.978. The highest BCUT2D eigenvalue weighted by atomic mass is 16.5. The summed E-state index contributed by atoms with van der Waals surface area (Å²) in [7, 11) is 3.61. The highest BCUT2D eigenvalue weighted by Crippen LogP contribution is 2.34. The first-order valence-electron chi connectivity index (χ1n) is 8.92. The monoisotopic (exact) mass is 361 g/mol. The Kier molecular flexibility index (Phi) is 6.73. The van der Waals surface area contributed by atoms with Crippen LogP contribution in [0.4, 0.5) is 0 Å². The fraction of sp³-hybridized carbons (Fsp3) is 0.524. The molecule has 1 atom stereocenters. The molecule has 1 aromatic carbocycles. The first-order chi connectivity index (χ1) is 12.2. The number of aliphatic hydroxyl groups is 1. The first-order valence-corrected chi connectivity index (χ1v) is 8.92. The van der Waals surface area contributed by atoms with E-state index in [4.69, 9.17) is 13.9 Å². The van der Waals surface area contributed by atoms with Gasteiger partial charge in [0.15, 0.2) is 0 Å². The lowest BCUT2D eigenvalue weighted by Crippen LogP contribution is -2.33. The molecule has 2 aromatic rings. The van der Waals surface area contributed by atoms with Crippen LogP contribution < -0.4 is 9.47 Å². The van der Waals surface area contributed by atoms with Crippen LogP contribution in [0, 0.1) is 6.92 Å². The Balaban J connectivity index is 1.93. The number of aliphatic hydroxyl groups excluding tert-OH is 1. The van der Waals surface area contributed by atoms with Crippen molar-refractivity contribution in [1.82, 2.24) is 4.90 Å². The number of benzene rings is 1. The van der Waals surface area contributed by atoms with Crippen molar-refractivity contribution in [2.24, 2.45) is 0 Å². The maximum atomic E-state index is 10.3. The van der Waals surface area contributed by atoms with E-state index in [1.165, 1.54) is 0 Å². The van der Waals surface area contributed by atoms with Gasteiger partial charge in [-0.05, 0) is 49.7 Å². The predicted molar refractivity (Wildman–Crippen MR) is 103 cm³/mol. The van der Waals surface area contributed by atoms with E-state index < -0.39 is 6.10 Å². The average Bonchev–Trinajstić information content (AvgIpc) is 2.96. The molecule has 0 spiro atoms. The van der Waals surface area contributed by atoms with Gasteiger partial charge in [0.05, 0.1) is 13.7 Å². The Bertz CT molecular complexity index is 702. The van der Waals surface area contributed by atoms with E-state index >= 15 is 0 Å². The molecule has 144 valence electrons. The fourth-order valence-electron chi connectivity index (χ4n) is 2.85. The summed E-state index contributed by atoms with van der Waals surface area (Å²) < 4.78 is 16.8. The molecule has 0 saturated heterocycles. The third kappa shape index (κ3) is 5.78. The maximum Gasteiger partial charge on any atom is 0.123 e. The third-order valence-electron chi connectivity index (χ3n) is 4.17. The molecule has 1 heterocycles. The van der Waals surface area contributed by atoms with Gasteiger partial charge < -0.3 is 19.0 Å². The van der Waals surface area contributed by atoms with Crippen molar-refractivity contribution in [3.05, 3.63) is 47.4 Å². The van der Waals surface area contributed by atoms with Gasteiger partial charge >= 0.3 is 0 Å². The smallest absolute Gasteiger partial charge is 0.123 e. The zero-order valence-corrected chi connectivity index (χ0v) is 16.7. The van der Waals surface area contributed by atoms with Crippen LogP contribution in [0.15, 0.2) is 34.7 Å². The van der Waals surface area contributed by atoms with E-state index in [0.717, 1.165) is 28.6 Å². The van der Waals surface area contributed by atoms with Crippen LogP contribution in [-0.2, 0) is 12.0 Å². The summed E-state index contributed by atoms with van der Waals surface area (Å²) in [5.74, 6) is 3.37. The molecule has 2 rings (SSSR count). The van der Waals surface area contributed by atoms with E-state index in [2.05, 4.69) is 20.8 Å². The average molecular weight is 361 g/mol. The van der Waals surface area contributed by atoms with Crippen molar-refractivity contribution in [3.63, 3.8) is 0 Å². The van der Waals surface area contributed by atoms with Crippen LogP contribution in [0.1, 0.15) is 37.9 Å². The molecule has 5 nitrogen and oxygen atoms in total. The molecule has 0 bridgehead atoms. The van der Waals surface area contributed by atoms with Gasteiger partial charge in [-0.25, -0.2) is 0 Å². The highest BCUT2D eigenvalue weighted by Gasteiger charge is 2.21. The van der Waals surface area contributed by atoms with E-state index in [1.54, 1.807) is 7.11 Å². The minimum Gasteiger partial charge on any atom is -0.497 e. The van der Waals surface area contributed by atoms with Gasteiger partial charge in [0, 0.05) is 12.1 Å². The van der Waals surface area contributed by atoms with E-state index in [0.29, 0.717) is 13.1 Å². The van der Waals surface area contributed by atoms with Gasteiger partial charge in [0.2, 0.25) is 0 Å². The molecule has 1 aromatic heterocycles. The van der Waals surface area contributed by atoms with Crippen molar-refractivity contribution >= 4 is 0 Å². The second kappa shape index (κ2) is 8.60. The molecule has 5 heteroatoms. The summed E-state index contributed by atoms with van der Waals surface area (Å²) in [6.07, 6.45) is -0.592. The summed E-state index contributed by atoms with van der Waals surface area (Å²) in [6.45, 7) is 9.70. The fourth-order valence-corrected chi connectivity index (χ4v) is 2.85. The van der Waals surface area contributed by atoms with Crippen LogP contribution in [0.5, 0.6) is 11.5 Å². The van der Waals surface area contributed by atoms with Crippen molar-refractivity contribution in [1.29, 1.82) is 0 Å². The number of furan rings is 1. The summed E-state index contributed by atoms with van der Waals surface area (Å²) >= 11 is 0. The number of hydrogen-bond donors (Lipinski definition) is 1. The number of nitrogens with zero attached hydrogens (tertiary/aromatic N) is 1. The Morgan fingerprint density at radius 2 is 1.92 bits per heavy atom. The number of likely N-dealkylation sites (N-methyl/N-ethyl adjacent to an activating group) is 1. The Hall–Kier alpha value is -1.98. The molecule has 0 fully saturated rings. The van der Waals surface area contributed by atoms with Crippen LogP contribution in [0.2, 0.25) is 0 Å². The Labute approximate surface area is 156 Å². The zero-order chi connectivity index (χ0) is 19.3. The molecule has 26 heavy (non-hydrogen) atoms. The van der Waals surface area contributed by atoms with Crippen molar-refractivity contribution in [3.8, 4) is 11.5 Å². The first kappa shape index (κ1) is 20.3. The second-order valence-electron chi connectivity index (χ2n) is 7.79.